The van der Waals surface area contributed by atoms with Crippen molar-refractivity contribution in [3.8, 4) is 11.5 Å². The summed E-state index contributed by atoms with van der Waals surface area (Å²) in [4.78, 5) is 53.8. The van der Waals surface area contributed by atoms with Crippen molar-refractivity contribution < 1.29 is 33.4 Å². The number of carbonyl (C=O) groups excluding carboxylic acids is 4. The van der Waals surface area contributed by atoms with Gasteiger partial charge in [0.05, 0.1) is 23.7 Å². The Morgan fingerprint density at radius 3 is 2.53 bits per heavy atom. The van der Waals surface area contributed by atoms with Crippen LogP contribution in [0.1, 0.15) is 58.6 Å². The van der Waals surface area contributed by atoms with E-state index in [1.165, 1.54) is 11.3 Å². The van der Waals surface area contributed by atoms with E-state index in [1.54, 1.807) is 31.2 Å². The molecule has 224 valence electrons. The summed E-state index contributed by atoms with van der Waals surface area (Å²) in [7, 11) is 0. The lowest BCUT2D eigenvalue weighted by Gasteiger charge is -2.14. The van der Waals surface area contributed by atoms with Gasteiger partial charge in [-0.05, 0) is 86.2 Å². The molecule has 0 bridgehead atoms. The normalized spacial score (nSPS) is 15.4. The molecule has 1 saturated heterocycles. The molecule has 0 radical (unpaired) electrons. The maximum Gasteiger partial charge on any atom is 0.341 e. The van der Waals surface area contributed by atoms with Crippen molar-refractivity contribution in [2.45, 2.75) is 46.1 Å². The molecule has 11 heteroatoms. The highest BCUT2D eigenvalue weighted by molar-refractivity contribution is 8.18. The molecular formula is C32H32N2O7S2. The van der Waals surface area contributed by atoms with E-state index in [0.717, 1.165) is 58.3 Å². The second kappa shape index (κ2) is 13.9. The summed E-state index contributed by atoms with van der Waals surface area (Å²) in [6.45, 7) is 4.14. The van der Waals surface area contributed by atoms with E-state index in [1.807, 2.05) is 37.3 Å². The Morgan fingerprint density at radius 1 is 0.977 bits per heavy atom. The van der Waals surface area contributed by atoms with Crippen molar-refractivity contribution in [1.82, 2.24) is 4.90 Å². The fraction of sp³-hybridized carbons (Fsp3) is 0.312. The van der Waals surface area contributed by atoms with Crippen LogP contribution in [0.2, 0.25) is 0 Å². The van der Waals surface area contributed by atoms with E-state index in [9.17, 15) is 19.2 Å². The van der Waals surface area contributed by atoms with Crippen molar-refractivity contribution in [3.05, 3.63) is 80.6 Å². The summed E-state index contributed by atoms with van der Waals surface area (Å²) in [5.41, 5.74) is 2.96. The smallest absolute Gasteiger partial charge is 0.341 e. The third-order valence-corrected chi connectivity index (χ3v) is 9.00. The minimum Gasteiger partial charge on any atom is -0.490 e. The average molecular weight is 621 g/mol. The number of thioether (sulfide) groups is 1. The second-order valence-electron chi connectivity index (χ2n) is 9.86. The summed E-state index contributed by atoms with van der Waals surface area (Å²) in [6.07, 6.45) is 5.15. The number of rotatable bonds is 11. The van der Waals surface area contributed by atoms with Gasteiger partial charge in [-0.3, -0.25) is 19.3 Å². The van der Waals surface area contributed by atoms with Crippen molar-refractivity contribution >= 4 is 57.2 Å². The molecule has 0 unspecified atom stereocenters. The van der Waals surface area contributed by atoms with Crippen LogP contribution in [-0.4, -0.2) is 47.7 Å². The van der Waals surface area contributed by atoms with Gasteiger partial charge >= 0.3 is 5.97 Å². The van der Waals surface area contributed by atoms with E-state index in [4.69, 9.17) is 14.2 Å². The van der Waals surface area contributed by atoms with Gasteiger partial charge in [0.1, 0.15) is 18.2 Å². The number of anilines is 1. The number of imide groups is 1. The van der Waals surface area contributed by atoms with Crippen LogP contribution in [0.25, 0.3) is 6.08 Å². The van der Waals surface area contributed by atoms with Crippen LogP contribution in [0.3, 0.4) is 0 Å². The topological polar surface area (TPSA) is 111 Å². The number of thiophene rings is 1. The van der Waals surface area contributed by atoms with Gasteiger partial charge in [-0.1, -0.05) is 36.4 Å². The van der Waals surface area contributed by atoms with E-state index in [-0.39, 0.29) is 11.5 Å². The van der Waals surface area contributed by atoms with Crippen LogP contribution in [0, 0.1) is 0 Å². The molecule has 1 aliphatic heterocycles. The number of fused-ring (bicyclic) bond motifs is 1. The van der Waals surface area contributed by atoms with Crippen molar-refractivity contribution in [3.63, 3.8) is 0 Å². The number of benzene rings is 2. The first-order valence-electron chi connectivity index (χ1n) is 14.2. The average Bonchev–Trinajstić information content (AvgIpc) is 3.49. The van der Waals surface area contributed by atoms with Gasteiger partial charge in [0, 0.05) is 4.88 Å². The number of esters is 1. The summed E-state index contributed by atoms with van der Waals surface area (Å²) in [5, 5.41) is 2.62. The Labute approximate surface area is 258 Å². The highest BCUT2D eigenvalue weighted by Gasteiger charge is 2.37. The first-order valence-corrected chi connectivity index (χ1v) is 15.8. The molecule has 1 aromatic heterocycles. The molecule has 3 aromatic rings. The number of ether oxygens (including phenoxy) is 3. The molecule has 1 fully saturated rings. The van der Waals surface area contributed by atoms with Crippen molar-refractivity contribution in [2.24, 2.45) is 0 Å². The Bertz CT molecular complexity index is 1570. The number of carbonyl (C=O) groups is 4. The zero-order valence-electron chi connectivity index (χ0n) is 24.0. The Hall–Kier alpha value is -4.09. The first kappa shape index (κ1) is 30.4. The molecule has 2 heterocycles. The first-order chi connectivity index (χ1) is 20.9. The Morgan fingerprint density at radius 2 is 1.77 bits per heavy atom. The standard InChI is InChI=1S/C32H32N2O7S2/c1-3-39-24-16-21(14-15-23(24)41-19-20-10-6-5-7-11-20)17-26-30(36)34(32(38)43-26)18-27(35)33-29-28(31(37)40-4-2)22-12-8-9-13-25(22)42-29/h5-7,10-11,14-17H,3-4,8-9,12-13,18-19H2,1-2H3,(H,33,35). The number of amides is 3. The monoisotopic (exact) mass is 620 g/mol. The van der Waals surface area contributed by atoms with Crippen LogP contribution in [0.5, 0.6) is 11.5 Å². The third-order valence-electron chi connectivity index (χ3n) is 6.88. The zero-order chi connectivity index (χ0) is 30.3. The van der Waals surface area contributed by atoms with Gasteiger partial charge in [-0.25, -0.2) is 4.79 Å². The predicted molar refractivity (Wildman–Crippen MR) is 167 cm³/mol. The zero-order valence-corrected chi connectivity index (χ0v) is 25.6. The van der Waals surface area contributed by atoms with E-state index >= 15 is 0 Å². The van der Waals surface area contributed by atoms with Crippen LogP contribution in [0.4, 0.5) is 9.80 Å². The largest absolute Gasteiger partial charge is 0.490 e. The van der Waals surface area contributed by atoms with Crippen LogP contribution in [-0.2, 0) is 33.8 Å². The summed E-state index contributed by atoms with van der Waals surface area (Å²) in [6, 6.07) is 15.1. The predicted octanol–water partition coefficient (Wildman–Crippen LogP) is 6.46. The molecule has 1 N–H and O–H groups in total. The van der Waals surface area contributed by atoms with E-state index in [0.29, 0.717) is 40.8 Å². The molecule has 3 amide bonds. The van der Waals surface area contributed by atoms with Crippen LogP contribution in [0.15, 0.2) is 53.4 Å². The van der Waals surface area contributed by atoms with Gasteiger partial charge in [0.25, 0.3) is 11.1 Å². The van der Waals surface area contributed by atoms with E-state index in [2.05, 4.69) is 5.32 Å². The summed E-state index contributed by atoms with van der Waals surface area (Å²) >= 11 is 2.12. The Kier molecular flexibility index (Phi) is 9.83. The maximum atomic E-state index is 13.2. The molecule has 2 aromatic carbocycles. The highest BCUT2D eigenvalue weighted by Crippen LogP contribution is 2.39. The second-order valence-corrected chi connectivity index (χ2v) is 12.0. The molecule has 5 rings (SSSR count). The fourth-order valence-electron chi connectivity index (χ4n) is 4.91. The number of nitrogens with one attached hydrogen (secondary N) is 1. The van der Waals surface area contributed by atoms with E-state index < -0.39 is 29.6 Å². The number of nitrogens with zero attached hydrogens (tertiary/aromatic N) is 1. The van der Waals surface area contributed by atoms with Gasteiger partial charge in [-0.15, -0.1) is 11.3 Å². The minimum absolute atomic E-state index is 0.192. The lowest BCUT2D eigenvalue weighted by molar-refractivity contribution is -0.127. The number of hydrogen-bond acceptors (Lipinski definition) is 9. The molecule has 43 heavy (non-hydrogen) atoms. The number of aryl methyl sites for hydroxylation is 1. The molecule has 1 aliphatic carbocycles. The van der Waals surface area contributed by atoms with Crippen LogP contribution < -0.4 is 14.8 Å². The Balaban J connectivity index is 1.28. The lowest BCUT2D eigenvalue weighted by Crippen LogP contribution is -2.36. The lowest BCUT2D eigenvalue weighted by atomic mass is 9.95. The summed E-state index contributed by atoms with van der Waals surface area (Å²) in [5.74, 6) is -0.532. The molecule has 0 atom stereocenters. The van der Waals surface area contributed by atoms with Gasteiger partial charge in [-0.2, -0.15) is 0 Å². The van der Waals surface area contributed by atoms with Gasteiger partial charge < -0.3 is 19.5 Å². The summed E-state index contributed by atoms with van der Waals surface area (Å²) < 4.78 is 17.0. The molecule has 2 aliphatic rings. The molecule has 0 saturated carbocycles. The molecule has 9 nitrogen and oxygen atoms in total. The molecule has 0 spiro atoms. The van der Waals surface area contributed by atoms with Gasteiger partial charge in [0.2, 0.25) is 5.91 Å². The molecular weight excluding hydrogens is 588 g/mol. The number of hydrogen-bond donors (Lipinski definition) is 1. The van der Waals surface area contributed by atoms with Crippen molar-refractivity contribution in [2.75, 3.05) is 25.1 Å². The third kappa shape index (κ3) is 7.11. The van der Waals surface area contributed by atoms with Gasteiger partial charge in [0.15, 0.2) is 11.5 Å². The van der Waals surface area contributed by atoms with Crippen LogP contribution >= 0.6 is 23.1 Å². The maximum absolute atomic E-state index is 13.2. The SMILES string of the molecule is CCOC(=O)c1c(NC(=O)CN2C(=O)SC(=Cc3ccc(OCc4ccccc4)c(OCC)c3)C2=O)sc2c1CCCC2. The van der Waals surface area contributed by atoms with Crippen molar-refractivity contribution in [1.29, 1.82) is 0 Å². The fourth-order valence-corrected chi connectivity index (χ4v) is 7.04. The highest BCUT2D eigenvalue weighted by atomic mass is 32.2. The minimum atomic E-state index is -0.566. The quantitative estimate of drug-likeness (QED) is 0.192.